The highest BCUT2D eigenvalue weighted by Gasteiger charge is 2.34. The molecule has 1 N–H and O–H groups in total. The van der Waals surface area contributed by atoms with Crippen LogP contribution in [0.15, 0.2) is 95.9 Å². The van der Waals surface area contributed by atoms with E-state index in [-0.39, 0.29) is 29.8 Å². The minimum atomic E-state index is -4.62. The highest BCUT2D eigenvalue weighted by Crippen LogP contribution is 2.37. The van der Waals surface area contributed by atoms with Gasteiger partial charge in [-0.25, -0.2) is 12.8 Å². The average Bonchev–Trinajstić information content (AvgIpc) is 2.97. The molecule has 0 heterocycles. The normalized spacial score (nSPS) is 12.5. The lowest BCUT2D eigenvalue weighted by molar-refractivity contribution is -0.137. The van der Waals surface area contributed by atoms with Gasteiger partial charge in [0, 0.05) is 48.8 Å². The van der Waals surface area contributed by atoms with E-state index in [1.807, 2.05) is 65.6 Å². The summed E-state index contributed by atoms with van der Waals surface area (Å²) in [6, 6.07) is 25.1. The van der Waals surface area contributed by atoms with E-state index in [2.05, 4.69) is 0 Å². The van der Waals surface area contributed by atoms with Gasteiger partial charge in [0.15, 0.2) is 9.84 Å². The maximum Gasteiger partial charge on any atom is 0.417 e. The molecule has 0 spiro atoms. The molecule has 0 saturated heterocycles. The molecule has 0 unspecified atom stereocenters. The Labute approximate surface area is 273 Å². The van der Waals surface area contributed by atoms with E-state index < -0.39 is 43.3 Å². The van der Waals surface area contributed by atoms with Gasteiger partial charge in [0.1, 0.15) is 27.3 Å². The van der Waals surface area contributed by atoms with Crippen LogP contribution >= 0.6 is 11.6 Å². The number of nitrogens with zero attached hydrogens (tertiary/aromatic N) is 1. The van der Waals surface area contributed by atoms with Gasteiger partial charge in [0.05, 0.1) is 22.1 Å². The third kappa shape index (κ3) is 9.15. The summed E-state index contributed by atoms with van der Waals surface area (Å²) in [5, 5.41) is 6.82. The van der Waals surface area contributed by atoms with Gasteiger partial charge in [0.25, 0.3) is 0 Å². The maximum absolute atomic E-state index is 14.9. The maximum atomic E-state index is 14.9. The van der Waals surface area contributed by atoms with E-state index in [1.54, 1.807) is 6.07 Å². The van der Waals surface area contributed by atoms with Gasteiger partial charge in [0.2, 0.25) is 0 Å². The van der Waals surface area contributed by atoms with Crippen molar-refractivity contribution in [3.8, 4) is 5.75 Å². The molecule has 0 atom stereocenters. The Morgan fingerprint density at radius 1 is 0.935 bits per heavy atom. The molecule has 0 aromatic heterocycles. The van der Waals surface area contributed by atoms with Crippen molar-refractivity contribution in [3.63, 3.8) is 0 Å². The number of rotatable bonds is 13. The van der Waals surface area contributed by atoms with Crippen LogP contribution in [0.5, 0.6) is 5.75 Å². The quantitative estimate of drug-likeness (QED) is 0.101. The van der Waals surface area contributed by atoms with Crippen molar-refractivity contribution in [1.29, 1.82) is 0 Å². The molecule has 13 heteroatoms. The Morgan fingerprint density at radius 2 is 1.52 bits per heavy atom. The first-order valence-corrected chi connectivity index (χ1v) is 16.5. The molecular weight excluding hydrogens is 640 g/mol. The molecule has 0 aliphatic rings. The van der Waals surface area contributed by atoms with Gasteiger partial charge >= 0.3 is 6.18 Å². The van der Waals surface area contributed by atoms with Crippen LogP contribution in [0.25, 0.3) is 0 Å². The Kier molecular flexibility index (Phi) is 11.3. The SMILES string of the molecule is [B]C([B])(O)c1c(F)cc(OCCCN(Cc2cccc(C(F)(F)F)c2Cl)CC(c2ccccc2)c2ccccc2)cc1S(C)(=O)=O. The first kappa shape index (κ1) is 35.5. The topological polar surface area (TPSA) is 66.8 Å². The van der Waals surface area contributed by atoms with Gasteiger partial charge in [-0.05, 0) is 35.2 Å². The molecule has 46 heavy (non-hydrogen) atoms. The molecule has 0 aliphatic heterocycles. The van der Waals surface area contributed by atoms with Crippen LogP contribution in [0.4, 0.5) is 17.6 Å². The third-order valence-corrected chi connectivity index (χ3v) is 8.90. The lowest BCUT2D eigenvalue weighted by Gasteiger charge is -2.29. The highest BCUT2D eigenvalue weighted by molar-refractivity contribution is 7.90. The van der Waals surface area contributed by atoms with Crippen molar-refractivity contribution in [1.82, 2.24) is 4.90 Å². The van der Waals surface area contributed by atoms with E-state index in [4.69, 9.17) is 32.0 Å². The Morgan fingerprint density at radius 3 is 2.04 bits per heavy atom. The summed E-state index contributed by atoms with van der Waals surface area (Å²) < 4.78 is 86.1. The zero-order valence-electron chi connectivity index (χ0n) is 24.8. The van der Waals surface area contributed by atoms with Crippen LogP contribution in [0.1, 0.15) is 40.2 Å². The van der Waals surface area contributed by atoms with E-state index in [1.165, 1.54) is 6.07 Å². The van der Waals surface area contributed by atoms with Crippen LogP contribution in [0.2, 0.25) is 5.02 Å². The Hall–Kier alpha value is -3.31. The average molecular weight is 670 g/mol. The lowest BCUT2D eigenvalue weighted by atomic mass is 9.61. The highest BCUT2D eigenvalue weighted by atomic mass is 35.5. The predicted molar refractivity (Wildman–Crippen MR) is 171 cm³/mol. The molecular formula is C33H30B2ClF4NO4S. The van der Waals surface area contributed by atoms with Crippen molar-refractivity contribution < 1.29 is 35.8 Å². The molecule has 4 aromatic carbocycles. The summed E-state index contributed by atoms with van der Waals surface area (Å²) in [5.74, 6) is -1.44. The summed E-state index contributed by atoms with van der Waals surface area (Å²) in [6.45, 7) is 0.819. The minimum absolute atomic E-state index is 0.00826. The lowest BCUT2D eigenvalue weighted by Crippen LogP contribution is -2.31. The van der Waals surface area contributed by atoms with Crippen molar-refractivity contribution in [3.05, 3.63) is 130 Å². The number of hydrogen-bond donors (Lipinski definition) is 1. The van der Waals surface area contributed by atoms with E-state index in [0.717, 1.165) is 35.6 Å². The van der Waals surface area contributed by atoms with Crippen molar-refractivity contribution in [2.45, 2.75) is 35.4 Å². The number of ether oxygens (including phenoxy) is 1. The number of hydrogen-bond acceptors (Lipinski definition) is 5. The van der Waals surface area contributed by atoms with Crippen molar-refractivity contribution in [2.75, 3.05) is 26.0 Å². The molecule has 4 rings (SSSR count). The summed E-state index contributed by atoms with van der Waals surface area (Å²) >= 11 is 6.27. The number of aliphatic hydroxyl groups is 1. The summed E-state index contributed by atoms with van der Waals surface area (Å²) in [5.41, 5.74) is 0.595. The molecule has 238 valence electrons. The summed E-state index contributed by atoms with van der Waals surface area (Å²) in [7, 11) is 6.74. The number of sulfone groups is 1. The predicted octanol–water partition coefficient (Wildman–Crippen LogP) is 6.44. The van der Waals surface area contributed by atoms with E-state index in [0.29, 0.717) is 25.1 Å². The molecule has 0 amide bonds. The molecule has 0 saturated carbocycles. The second-order valence-electron chi connectivity index (χ2n) is 11.0. The molecule has 0 fully saturated rings. The van der Waals surface area contributed by atoms with Crippen LogP contribution in [0.3, 0.4) is 0 Å². The van der Waals surface area contributed by atoms with Gasteiger partial charge in [-0.1, -0.05) is 84.4 Å². The molecule has 0 aliphatic carbocycles. The Balaban J connectivity index is 1.60. The van der Waals surface area contributed by atoms with Gasteiger partial charge in [-0.15, -0.1) is 0 Å². The third-order valence-electron chi connectivity index (χ3n) is 7.34. The zero-order chi connectivity index (χ0) is 33.7. The standard InChI is InChI=1S/C33H30B2ClF4NO4S/c1-46(43,44)29-19-25(18-28(37)30(29)32(34,35)42)45-17-9-16-41(20-24-14-8-15-27(31(24)36)33(38,39)40)21-26(22-10-4-2-5-11-22)23-12-6-3-7-13-23/h2-8,10-15,18-19,26,42H,9,16-17,20-21H2,1H3. The number of alkyl halides is 3. The van der Waals surface area contributed by atoms with E-state index in [9.17, 15) is 31.1 Å². The number of benzene rings is 4. The molecule has 4 radical (unpaired) electrons. The zero-order valence-corrected chi connectivity index (χ0v) is 26.4. The van der Waals surface area contributed by atoms with Gasteiger partial charge in [-0.3, -0.25) is 4.90 Å². The first-order chi connectivity index (χ1) is 21.6. The number of halogens is 5. The molecule has 0 bridgehead atoms. The van der Waals surface area contributed by atoms with E-state index >= 15 is 0 Å². The van der Waals surface area contributed by atoms with Crippen molar-refractivity contribution in [2.24, 2.45) is 0 Å². The molecule has 4 aromatic rings. The first-order valence-electron chi connectivity index (χ1n) is 14.2. The van der Waals surface area contributed by atoms with Crippen LogP contribution in [0, 0.1) is 5.82 Å². The fraction of sp³-hybridized carbons (Fsp3) is 0.273. The largest absolute Gasteiger partial charge is 0.493 e. The summed E-state index contributed by atoms with van der Waals surface area (Å²) in [6.07, 6.45) is -3.49. The monoisotopic (exact) mass is 669 g/mol. The Bertz CT molecular complexity index is 1700. The smallest absolute Gasteiger partial charge is 0.417 e. The fourth-order valence-electron chi connectivity index (χ4n) is 5.23. The molecule has 5 nitrogen and oxygen atoms in total. The van der Waals surface area contributed by atoms with Crippen LogP contribution in [-0.4, -0.2) is 60.1 Å². The van der Waals surface area contributed by atoms with Crippen molar-refractivity contribution >= 4 is 37.1 Å². The minimum Gasteiger partial charge on any atom is -0.493 e. The second kappa shape index (κ2) is 14.6. The van der Waals surface area contributed by atoms with Gasteiger partial charge in [-0.2, -0.15) is 13.2 Å². The summed E-state index contributed by atoms with van der Waals surface area (Å²) in [4.78, 5) is 1.34. The van der Waals surface area contributed by atoms with Crippen LogP contribution in [-0.2, 0) is 28.0 Å². The second-order valence-corrected chi connectivity index (χ2v) is 13.3. The fourth-order valence-corrected chi connectivity index (χ4v) is 6.48. The van der Waals surface area contributed by atoms with Gasteiger partial charge < -0.3 is 9.84 Å². The van der Waals surface area contributed by atoms with Crippen LogP contribution < -0.4 is 4.74 Å².